The van der Waals surface area contributed by atoms with E-state index >= 15 is 0 Å². The molecule has 0 unspecified atom stereocenters. The Balaban J connectivity index is 1.41. The zero-order valence-corrected chi connectivity index (χ0v) is 18.1. The molecule has 0 amide bonds. The van der Waals surface area contributed by atoms with E-state index in [1.807, 2.05) is 12.3 Å². The Bertz CT molecular complexity index is 837. The van der Waals surface area contributed by atoms with Crippen LogP contribution in [0.5, 0.6) is 0 Å². The Hall–Kier alpha value is -2.60. The molecule has 0 spiro atoms. The van der Waals surface area contributed by atoms with Crippen LogP contribution in [-0.4, -0.2) is 41.6 Å². The zero-order valence-electron chi connectivity index (χ0n) is 18.1. The maximum Gasteiger partial charge on any atom is 0.250 e. The summed E-state index contributed by atoms with van der Waals surface area (Å²) in [6, 6.07) is 14.1. The third-order valence-corrected chi connectivity index (χ3v) is 5.41. The minimum Gasteiger partial charge on any atom is -0.357 e. The summed E-state index contributed by atoms with van der Waals surface area (Å²) < 4.78 is 1.76. The molecule has 2 N–H and O–H groups in total. The lowest BCUT2D eigenvalue weighted by atomic mass is 10.1. The highest BCUT2D eigenvalue weighted by atomic mass is 16.1. The number of aromatic nitrogens is 1. The van der Waals surface area contributed by atoms with Gasteiger partial charge in [0.1, 0.15) is 0 Å². The van der Waals surface area contributed by atoms with Crippen LogP contribution in [0, 0.1) is 0 Å². The normalized spacial score (nSPS) is 14.8. The average molecular weight is 410 g/mol. The summed E-state index contributed by atoms with van der Waals surface area (Å²) in [6.07, 6.45) is 6.44. The summed E-state index contributed by atoms with van der Waals surface area (Å²) in [4.78, 5) is 19.0. The quantitative estimate of drug-likeness (QED) is 0.360. The molecule has 0 aliphatic carbocycles. The van der Waals surface area contributed by atoms with Crippen LogP contribution in [0.1, 0.15) is 43.7 Å². The van der Waals surface area contributed by atoms with Gasteiger partial charge in [-0.2, -0.15) is 0 Å². The largest absolute Gasteiger partial charge is 0.357 e. The molecule has 30 heavy (non-hydrogen) atoms. The second-order valence-corrected chi connectivity index (χ2v) is 7.86. The van der Waals surface area contributed by atoms with Gasteiger partial charge in [-0.15, -0.1) is 0 Å². The molecule has 3 rings (SSSR count). The van der Waals surface area contributed by atoms with Crippen molar-refractivity contribution in [3.8, 4) is 0 Å². The fraction of sp³-hybridized carbons (Fsp3) is 0.500. The van der Waals surface area contributed by atoms with Crippen LogP contribution in [0.25, 0.3) is 0 Å². The van der Waals surface area contributed by atoms with Gasteiger partial charge in [0.15, 0.2) is 5.96 Å². The molecule has 6 heteroatoms. The van der Waals surface area contributed by atoms with Crippen LogP contribution in [0.2, 0.25) is 0 Å². The Labute approximate surface area is 180 Å². The van der Waals surface area contributed by atoms with Crippen LogP contribution in [0.4, 0.5) is 0 Å². The zero-order chi connectivity index (χ0) is 21.0. The summed E-state index contributed by atoms with van der Waals surface area (Å²) >= 11 is 0. The van der Waals surface area contributed by atoms with Crippen molar-refractivity contribution in [1.82, 2.24) is 20.1 Å². The number of aliphatic imine (C=N–C) groups is 1. The van der Waals surface area contributed by atoms with Crippen molar-refractivity contribution >= 4 is 5.96 Å². The number of rotatable bonds is 10. The first kappa shape index (κ1) is 22.1. The number of benzene rings is 1. The van der Waals surface area contributed by atoms with Gasteiger partial charge in [0.25, 0.3) is 0 Å². The minimum absolute atomic E-state index is 0.0619. The van der Waals surface area contributed by atoms with Gasteiger partial charge in [0.05, 0.1) is 6.54 Å². The van der Waals surface area contributed by atoms with Gasteiger partial charge in [-0.05, 0) is 62.9 Å². The van der Waals surface area contributed by atoms with E-state index in [1.54, 1.807) is 16.7 Å². The Morgan fingerprint density at radius 2 is 1.77 bits per heavy atom. The molecule has 2 heterocycles. The summed E-state index contributed by atoms with van der Waals surface area (Å²) in [5, 5.41) is 6.70. The number of nitrogens with zero attached hydrogens (tertiary/aromatic N) is 3. The van der Waals surface area contributed by atoms with E-state index in [9.17, 15) is 4.79 Å². The topological polar surface area (TPSA) is 61.7 Å². The SMILES string of the molecule is CCNC(=NCc1ccc(CN2CCCC2)cc1)NCCCCn1ccccc1=O. The number of guanidine groups is 1. The molecular weight excluding hydrogens is 374 g/mol. The fourth-order valence-corrected chi connectivity index (χ4v) is 3.72. The third-order valence-electron chi connectivity index (χ3n) is 5.41. The van der Waals surface area contributed by atoms with Gasteiger partial charge in [-0.25, -0.2) is 4.99 Å². The van der Waals surface area contributed by atoms with Gasteiger partial charge >= 0.3 is 0 Å². The molecular formula is C24H35N5O. The van der Waals surface area contributed by atoms with E-state index in [2.05, 4.69) is 46.7 Å². The fourth-order valence-electron chi connectivity index (χ4n) is 3.72. The molecule has 1 aliphatic rings. The third kappa shape index (κ3) is 7.34. The van der Waals surface area contributed by atoms with Crippen LogP contribution >= 0.6 is 0 Å². The van der Waals surface area contributed by atoms with Crippen LogP contribution in [-0.2, 0) is 19.6 Å². The lowest BCUT2D eigenvalue weighted by Crippen LogP contribution is -2.37. The summed E-state index contributed by atoms with van der Waals surface area (Å²) in [6.45, 7) is 8.67. The van der Waals surface area contributed by atoms with Gasteiger partial charge in [-0.1, -0.05) is 30.3 Å². The molecule has 1 fully saturated rings. The standard InChI is InChI=1S/C24H35N5O/c1-2-25-24(26-14-4-6-18-29-17-5-3-9-23(29)30)27-19-21-10-12-22(13-11-21)20-28-15-7-8-16-28/h3,5,9-13,17H,2,4,6-8,14-16,18-20H2,1H3,(H2,25,26,27). The summed E-state index contributed by atoms with van der Waals surface area (Å²) in [5.74, 6) is 0.843. The first-order valence-electron chi connectivity index (χ1n) is 11.2. The molecule has 0 saturated carbocycles. The van der Waals surface area contributed by atoms with E-state index in [0.29, 0.717) is 6.54 Å². The van der Waals surface area contributed by atoms with Gasteiger partial charge in [0.2, 0.25) is 5.56 Å². The molecule has 1 aliphatic heterocycles. The van der Waals surface area contributed by atoms with E-state index in [0.717, 1.165) is 45.0 Å². The lowest BCUT2D eigenvalue weighted by molar-refractivity contribution is 0.331. The molecule has 1 aromatic heterocycles. The molecule has 0 radical (unpaired) electrons. The molecule has 1 saturated heterocycles. The number of pyridine rings is 1. The van der Waals surface area contributed by atoms with Gasteiger partial charge in [0, 0.05) is 38.4 Å². The number of unbranched alkanes of at least 4 members (excludes halogenated alkanes) is 1. The van der Waals surface area contributed by atoms with Crippen molar-refractivity contribution in [3.63, 3.8) is 0 Å². The highest BCUT2D eigenvalue weighted by molar-refractivity contribution is 5.79. The number of hydrogen-bond acceptors (Lipinski definition) is 3. The van der Waals surface area contributed by atoms with Crippen molar-refractivity contribution in [1.29, 1.82) is 0 Å². The smallest absolute Gasteiger partial charge is 0.250 e. The van der Waals surface area contributed by atoms with Crippen molar-refractivity contribution in [2.24, 2.45) is 4.99 Å². The molecule has 162 valence electrons. The predicted molar refractivity (Wildman–Crippen MR) is 124 cm³/mol. The molecule has 1 aromatic carbocycles. The van der Waals surface area contributed by atoms with Gasteiger partial charge < -0.3 is 15.2 Å². The summed E-state index contributed by atoms with van der Waals surface area (Å²) in [5.41, 5.74) is 2.67. The number of nitrogens with one attached hydrogen (secondary N) is 2. The monoisotopic (exact) mass is 409 g/mol. The minimum atomic E-state index is 0.0619. The molecule has 0 atom stereocenters. The second kappa shape index (κ2) is 12.2. The maximum atomic E-state index is 11.7. The van der Waals surface area contributed by atoms with Crippen molar-refractivity contribution in [3.05, 3.63) is 70.1 Å². The Kier molecular flexibility index (Phi) is 8.97. The molecule has 6 nitrogen and oxygen atoms in total. The van der Waals surface area contributed by atoms with Crippen molar-refractivity contribution < 1.29 is 0 Å². The van der Waals surface area contributed by atoms with E-state index in [1.165, 1.54) is 37.1 Å². The van der Waals surface area contributed by atoms with Crippen LogP contribution in [0.15, 0.2) is 58.4 Å². The lowest BCUT2D eigenvalue weighted by Gasteiger charge is -2.14. The number of hydrogen-bond donors (Lipinski definition) is 2. The summed E-state index contributed by atoms with van der Waals surface area (Å²) in [7, 11) is 0. The second-order valence-electron chi connectivity index (χ2n) is 7.86. The van der Waals surface area contributed by atoms with Crippen LogP contribution in [0.3, 0.4) is 0 Å². The van der Waals surface area contributed by atoms with E-state index in [-0.39, 0.29) is 5.56 Å². The highest BCUT2D eigenvalue weighted by Crippen LogP contribution is 2.13. The van der Waals surface area contributed by atoms with E-state index in [4.69, 9.17) is 4.99 Å². The Morgan fingerprint density at radius 1 is 1.00 bits per heavy atom. The highest BCUT2D eigenvalue weighted by Gasteiger charge is 2.11. The number of aryl methyl sites for hydroxylation is 1. The Morgan fingerprint density at radius 3 is 2.50 bits per heavy atom. The van der Waals surface area contributed by atoms with Crippen molar-refractivity contribution in [2.45, 2.75) is 52.2 Å². The maximum absolute atomic E-state index is 11.7. The van der Waals surface area contributed by atoms with Crippen molar-refractivity contribution in [2.75, 3.05) is 26.2 Å². The van der Waals surface area contributed by atoms with E-state index < -0.39 is 0 Å². The first-order valence-corrected chi connectivity index (χ1v) is 11.2. The average Bonchev–Trinajstić information content (AvgIpc) is 3.27. The first-order chi connectivity index (χ1) is 14.7. The van der Waals surface area contributed by atoms with Gasteiger partial charge in [-0.3, -0.25) is 9.69 Å². The predicted octanol–water partition coefficient (Wildman–Crippen LogP) is 2.98. The van der Waals surface area contributed by atoms with Crippen LogP contribution < -0.4 is 16.2 Å². The number of likely N-dealkylation sites (tertiary alicyclic amines) is 1. The molecule has 2 aromatic rings. The molecule has 0 bridgehead atoms.